The molecule has 0 atom stereocenters. The molecule has 2 aliphatic heterocycles. The Labute approximate surface area is 111 Å². The van der Waals surface area contributed by atoms with Crippen LogP contribution < -0.4 is 11.2 Å². The molecule has 0 spiro atoms. The average molecular weight is 274 g/mol. The van der Waals surface area contributed by atoms with E-state index in [4.69, 9.17) is 4.42 Å². The molecule has 102 valence electrons. The molecule has 0 unspecified atom stereocenters. The quantitative estimate of drug-likeness (QED) is 0.565. The Morgan fingerprint density at radius 2 is 1.95 bits per heavy atom. The van der Waals surface area contributed by atoms with Crippen molar-refractivity contribution >= 4 is 11.0 Å². The third-order valence-electron chi connectivity index (χ3n) is 3.00. The first-order valence-corrected chi connectivity index (χ1v) is 5.84. The van der Waals surface area contributed by atoms with E-state index in [1.54, 1.807) is 12.1 Å². The van der Waals surface area contributed by atoms with Crippen molar-refractivity contribution in [2.24, 2.45) is 0 Å². The van der Waals surface area contributed by atoms with Gasteiger partial charge in [0.05, 0.1) is 13.2 Å². The van der Waals surface area contributed by atoms with Crippen LogP contribution in [0.15, 0.2) is 32.2 Å². The lowest BCUT2D eigenvalue weighted by Gasteiger charge is -2.09. The number of rotatable bonds is 2. The average Bonchev–Trinajstić information content (AvgIpc) is 2.44. The molecule has 0 aliphatic carbocycles. The van der Waals surface area contributed by atoms with Gasteiger partial charge in [-0.1, -0.05) is 0 Å². The molecule has 0 fully saturated rings. The number of fused-ring (bicyclic) bond motifs is 2. The van der Waals surface area contributed by atoms with Crippen molar-refractivity contribution in [3.8, 4) is 11.5 Å². The highest BCUT2D eigenvalue weighted by molar-refractivity contribution is 5.85. The van der Waals surface area contributed by atoms with Crippen molar-refractivity contribution < 1.29 is 14.6 Å². The SMILES string of the molecule is O=c1nc2oc3c(CO)cc(CO)cc3cc-2c(=O)[nH]1. The van der Waals surface area contributed by atoms with Gasteiger partial charge in [-0.15, -0.1) is 0 Å². The lowest BCUT2D eigenvalue weighted by Crippen LogP contribution is -2.24. The molecule has 0 bridgehead atoms. The van der Waals surface area contributed by atoms with Crippen molar-refractivity contribution in [3.05, 3.63) is 50.2 Å². The van der Waals surface area contributed by atoms with Crippen LogP contribution in [0.5, 0.6) is 0 Å². The molecule has 7 heteroatoms. The minimum Gasteiger partial charge on any atom is -0.437 e. The number of aromatic amines is 1. The highest BCUT2D eigenvalue weighted by Gasteiger charge is 2.16. The molecule has 0 saturated carbocycles. The first kappa shape index (κ1) is 12.5. The number of aromatic nitrogens is 2. The summed E-state index contributed by atoms with van der Waals surface area (Å²) in [6.45, 7) is -0.498. The molecule has 0 radical (unpaired) electrons. The Hall–Kier alpha value is -2.51. The van der Waals surface area contributed by atoms with Crippen LogP contribution in [-0.2, 0) is 13.2 Å². The molecule has 7 nitrogen and oxygen atoms in total. The second-order valence-corrected chi connectivity index (χ2v) is 4.33. The van der Waals surface area contributed by atoms with Gasteiger partial charge in [-0.3, -0.25) is 9.78 Å². The van der Waals surface area contributed by atoms with Crippen LogP contribution in [-0.4, -0.2) is 20.2 Å². The van der Waals surface area contributed by atoms with E-state index in [9.17, 15) is 19.8 Å². The molecule has 0 amide bonds. The van der Waals surface area contributed by atoms with E-state index >= 15 is 0 Å². The van der Waals surface area contributed by atoms with Gasteiger partial charge in [-0.2, -0.15) is 4.98 Å². The highest BCUT2D eigenvalue weighted by Crippen LogP contribution is 2.27. The summed E-state index contributed by atoms with van der Waals surface area (Å²) in [5, 5.41) is 19.1. The fraction of sp³-hybridized carbons (Fsp3) is 0.154. The van der Waals surface area contributed by atoms with Crippen LogP contribution in [0.3, 0.4) is 0 Å². The molecule has 2 heterocycles. The monoisotopic (exact) mass is 274 g/mol. The second-order valence-electron chi connectivity index (χ2n) is 4.33. The summed E-state index contributed by atoms with van der Waals surface area (Å²) in [7, 11) is 0. The molecule has 20 heavy (non-hydrogen) atoms. The molecular weight excluding hydrogens is 264 g/mol. The fourth-order valence-electron chi connectivity index (χ4n) is 2.12. The summed E-state index contributed by atoms with van der Waals surface area (Å²) in [4.78, 5) is 28.5. The Bertz CT molecular complexity index is 880. The number of aliphatic hydroxyl groups is 2. The minimum atomic E-state index is -0.789. The van der Waals surface area contributed by atoms with Gasteiger partial charge in [-0.05, 0) is 23.8 Å². The van der Waals surface area contributed by atoms with Gasteiger partial charge in [0.25, 0.3) is 5.56 Å². The Morgan fingerprint density at radius 1 is 1.15 bits per heavy atom. The van der Waals surface area contributed by atoms with Crippen molar-refractivity contribution in [2.75, 3.05) is 0 Å². The lowest BCUT2D eigenvalue weighted by atomic mass is 10.1. The molecule has 2 aliphatic rings. The molecule has 3 N–H and O–H groups in total. The van der Waals surface area contributed by atoms with Gasteiger partial charge in [-0.25, -0.2) is 4.79 Å². The molecule has 1 aromatic rings. The smallest absolute Gasteiger partial charge is 0.351 e. The van der Waals surface area contributed by atoms with Gasteiger partial charge < -0.3 is 14.6 Å². The topological polar surface area (TPSA) is 116 Å². The molecular formula is C13H10N2O5. The van der Waals surface area contributed by atoms with Crippen LogP contribution in [0.2, 0.25) is 0 Å². The van der Waals surface area contributed by atoms with E-state index in [-0.39, 0.29) is 24.7 Å². The standard InChI is InChI=1S/C13H10N2O5/c16-4-6-1-7-3-9-11(18)14-13(19)15-12(9)20-10(7)8(2-6)5-17/h1-3,16-17H,4-5H2,(H,14,18,19). The van der Waals surface area contributed by atoms with Crippen molar-refractivity contribution in [1.82, 2.24) is 9.97 Å². The number of hydrogen-bond donors (Lipinski definition) is 3. The van der Waals surface area contributed by atoms with E-state index in [0.717, 1.165) is 0 Å². The minimum absolute atomic E-state index is 0.0855. The molecule has 0 saturated heterocycles. The van der Waals surface area contributed by atoms with E-state index in [2.05, 4.69) is 9.97 Å². The number of hydrogen-bond acceptors (Lipinski definition) is 6. The molecule has 1 aromatic carbocycles. The first-order valence-electron chi connectivity index (χ1n) is 5.84. The lowest BCUT2D eigenvalue weighted by molar-refractivity contribution is 0.275. The largest absolute Gasteiger partial charge is 0.437 e. The van der Waals surface area contributed by atoms with E-state index in [1.807, 2.05) is 0 Å². The predicted molar refractivity (Wildman–Crippen MR) is 69.4 cm³/mol. The summed E-state index contributed by atoms with van der Waals surface area (Å²) in [5.74, 6) is -0.0855. The van der Waals surface area contributed by atoms with Crippen LogP contribution in [0, 0.1) is 0 Å². The van der Waals surface area contributed by atoms with Crippen LogP contribution >= 0.6 is 0 Å². The van der Waals surface area contributed by atoms with Gasteiger partial charge in [0.15, 0.2) is 0 Å². The maximum atomic E-state index is 11.7. The molecule has 0 aromatic heterocycles. The Kier molecular flexibility index (Phi) is 2.85. The normalized spacial score (nSPS) is 11.3. The second kappa shape index (κ2) is 4.55. The van der Waals surface area contributed by atoms with E-state index < -0.39 is 11.2 Å². The third kappa shape index (κ3) is 1.89. The number of aliphatic hydroxyl groups excluding tert-OH is 2. The van der Waals surface area contributed by atoms with E-state index in [1.165, 1.54) is 6.07 Å². The Balaban J connectivity index is 2.48. The van der Waals surface area contributed by atoms with E-state index in [0.29, 0.717) is 22.1 Å². The van der Waals surface area contributed by atoms with Gasteiger partial charge >= 0.3 is 5.69 Å². The van der Waals surface area contributed by atoms with Crippen molar-refractivity contribution in [1.29, 1.82) is 0 Å². The summed E-state index contributed by atoms with van der Waals surface area (Å²) >= 11 is 0. The van der Waals surface area contributed by atoms with Crippen molar-refractivity contribution in [2.45, 2.75) is 13.2 Å². The van der Waals surface area contributed by atoms with Crippen LogP contribution in [0.4, 0.5) is 0 Å². The first-order chi connectivity index (χ1) is 9.62. The fourth-order valence-corrected chi connectivity index (χ4v) is 2.12. The zero-order valence-corrected chi connectivity index (χ0v) is 10.2. The van der Waals surface area contributed by atoms with Gasteiger partial charge in [0, 0.05) is 10.9 Å². The number of nitrogens with zero attached hydrogens (tertiary/aromatic N) is 1. The van der Waals surface area contributed by atoms with Crippen LogP contribution in [0.25, 0.3) is 22.4 Å². The van der Waals surface area contributed by atoms with Crippen molar-refractivity contribution in [3.63, 3.8) is 0 Å². The van der Waals surface area contributed by atoms with Gasteiger partial charge in [0.1, 0.15) is 11.1 Å². The number of benzene rings is 1. The summed E-state index contributed by atoms with van der Waals surface area (Å²) in [6, 6.07) is 4.74. The number of nitrogens with one attached hydrogen (secondary N) is 1. The molecule has 3 rings (SSSR count). The maximum Gasteiger partial charge on any atom is 0.351 e. The predicted octanol–water partition coefficient (Wildman–Crippen LogP) is -0.0343. The highest BCUT2D eigenvalue weighted by atomic mass is 16.3. The zero-order valence-electron chi connectivity index (χ0n) is 10.2. The Morgan fingerprint density at radius 3 is 2.65 bits per heavy atom. The summed E-state index contributed by atoms with van der Waals surface area (Å²) in [6.07, 6.45) is 0. The van der Waals surface area contributed by atoms with Gasteiger partial charge in [0.2, 0.25) is 5.89 Å². The summed E-state index contributed by atoms with van der Waals surface area (Å²) < 4.78 is 5.46. The zero-order chi connectivity index (χ0) is 14.3. The maximum absolute atomic E-state index is 11.7. The van der Waals surface area contributed by atoms with Crippen LogP contribution in [0.1, 0.15) is 11.1 Å². The third-order valence-corrected chi connectivity index (χ3v) is 3.00. The number of H-pyrrole nitrogens is 1. The summed E-state index contributed by atoms with van der Waals surface area (Å²) in [5.41, 5.74) is 0.114.